The second-order valence-electron chi connectivity index (χ2n) is 5.78. The van der Waals surface area contributed by atoms with Gasteiger partial charge >= 0.3 is 5.97 Å². The van der Waals surface area contributed by atoms with E-state index < -0.39 is 17.9 Å². The number of hydrogen-bond donors (Lipinski definition) is 1. The van der Waals surface area contributed by atoms with Crippen molar-refractivity contribution in [2.24, 2.45) is 0 Å². The van der Waals surface area contributed by atoms with E-state index in [9.17, 15) is 19.5 Å². The lowest BCUT2D eigenvalue weighted by Crippen LogP contribution is -2.51. The summed E-state index contributed by atoms with van der Waals surface area (Å²) < 4.78 is 0. The number of aliphatic carboxylic acids is 1. The minimum Gasteiger partial charge on any atom is -0.480 e. The number of rotatable bonds is 3. The highest BCUT2D eigenvalue weighted by Gasteiger charge is 2.36. The normalized spacial score (nSPS) is 17.6. The minimum atomic E-state index is -1.08. The Balaban J connectivity index is 2.01. The zero-order valence-corrected chi connectivity index (χ0v) is 13.0. The SMILES string of the molecule is O=C1CCC(C(=O)O)N(C(=O)c2ccccc2-c2ccccc2)C1. The van der Waals surface area contributed by atoms with Crippen LogP contribution < -0.4 is 0 Å². The molecule has 0 bridgehead atoms. The largest absolute Gasteiger partial charge is 0.480 e. The minimum absolute atomic E-state index is 0.113. The molecule has 24 heavy (non-hydrogen) atoms. The molecule has 1 fully saturated rings. The van der Waals surface area contributed by atoms with Crippen LogP contribution in [0.4, 0.5) is 0 Å². The van der Waals surface area contributed by atoms with Crippen molar-refractivity contribution >= 4 is 17.7 Å². The zero-order chi connectivity index (χ0) is 17.1. The van der Waals surface area contributed by atoms with E-state index in [1.807, 2.05) is 42.5 Å². The molecule has 1 N–H and O–H groups in total. The third-order valence-corrected chi connectivity index (χ3v) is 4.21. The maximum Gasteiger partial charge on any atom is 0.326 e. The van der Waals surface area contributed by atoms with Gasteiger partial charge in [0.1, 0.15) is 6.04 Å². The highest BCUT2D eigenvalue weighted by Crippen LogP contribution is 2.26. The number of ketones is 1. The van der Waals surface area contributed by atoms with Crippen LogP contribution in [0.2, 0.25) is 0 Å². The van der Waals surface area contributed by atoms with Crippen molar-refractivity contribution in [1.82, 2.24) is 4.90 Å². The summed E-state index contributed by atoms with van der Waals surface area (Å²) in [5.41, 5.74) is 2.01. The fraction of sp³-hybridized carbons (Fsp3) is 0.211. The Morgan fingerprint density at radius 1 is 1.00 bits per heavy atom. The summed E-state index contributed by atoms with van der Waals surface area (Å²) >= 11 is 0. The Morgan fingerprint density at radius 3 is 2.38 bits per heavy atom. The molecule has 1 aliphatic heterocycles. The summed E-state index contributed by atoms with van der Waals surface area (Å²) in [6.45, 7) is -0.154. The standard InChI is InChI=1S/C19H17NO4/c21-14-10-11-17(19(23)24)20(12-14)18(22)16-9-5-4-8-15(16)13-6-2-1-3-7-13/h1-9,17H,10-12H2,(H,23,24). The van der Waals surface area contributed by atoms with Gasteiger partial charge < -0.3 is 10.0 Å². The van der Waals surface area contributed by atoms with Gasteiger partial charge in [-0.15, -0.1) is 0 Å². The number of nitrogens with zero attached hydrogens (tertiary/aromatic N) is 1. The summed E-state index contributed by atoms with van der Waals surface area (Å²) in [4.78, 5) is 37.3. The van der Waals surface area contributed by atoms with Gasteiger partial charge in [-0.1, -0.05) is 48.5 Å². The van der Waals surface area contributed by atoms with Gasteiger partial charge in [0.2, 0.25) is 0 Å². The average Bonchev–Trinajstić information content (AvgIpc) is 2.61. The first-order chi connectivity index (χ1) is 11.6. The van der Waals surface area contributed by atoms with E-state index in [4.69, 9.17) is 0 Å². The van der Waals surface area contributed by atoms with Gasteiger partial charge in [-0.3, -0.25) is 9.59 Å². The zero-order valence-electron chi connectivity index (χ0n) is 13.0. The molecule has 1 amide bonds. The van der Waals surface area contributed by atoms with Gasteiger partial charge in [0, 0.05) is 12.0 Å². The van der Waals surface area contributed by atoms with Crippen molar-refractivity contribution in [3.63, 3.8) is 0 Å². The summed E-state index contributed by atoms with van der Waals surface area (Å²) in [5, 5.41) is 9.37. The van der Waals surface area contributed by atoms with Gasteiger partial charge in [0.05, 0.1) is 6.54 Å². The molecule has 122 valence electrons. The van der Waals surface area contributed by atoms with Gasteiger partial charge in [-0.25, -0.2) is 4.79 Å². The van der Waals surface area contributed by atoms with Crippen LogP contribution in [0, 0.1) is 0 Å². The van der Waals surface area contributed by atoms with Gasteiger partial charge in [-0.2, -0.15) is 0 Å². The van der Waals surface area contributed by atoms with Crippen molar-refractivity contribution in [3.8, 4) is 11.1 Å². The lowest BCUT2D eigenvalue weighted by atomic mass is 9.96. The molecule has 2 aromatic carbocycles. The average molecular weight is 323 g/mol. The number of amides is 1. The monoisotopic (exact) mass is 323 g/mol. The van der Waals surface area contributed by atoms with Crippen molar-refractivity contribution in [2.75, 3.05) is 6.54 Å². The molecule has 2 aromatic rings. The highest BCUT2D eigenvalue weighted by atomic mass is 16.4. The lowest BCUT2D eigenvalue weighted by molar-refractivity contribution is -0.144. The first-order valence-electron chi connectivity index (χ1n) is 7.78. The smallest absolute Gasteiger partial charge is 0.326 e. The number of hydrogen-bond acceptors (Lipinski definition) is 3. The lowest BCUT2D eigenvalue weighted by Gasteiger charge is -2.32. The summed E-state index contributed by atoms with van der Waals surface area (Å²) in [6, 6.07) is 15.5. The number of Topliss-reactive ketones (excluding diaryl/α,β-unsaturated/α-hetero) is 1. The van der Waals surface area contributed by atoms with Crippen molar-refractivity contribution < 1.29 is 19.5 Å². The van der Waals surface area contributed by atoms with E-state index >= 15 is 0 Å². The first kappa shape index (κ1) is 15.9. The molecule has 1 heterocycles. The van der Waals surface area contributed by atoms with Crippen molar-refractivity contribution in [1.29, 1.82) is 0 Å². The molecule has 0 radical (unpaired) electrons. The molecular weight excluding hydrogens is 306 g/mol. The quantitative estimate of drug-likeness (QED) is 0.942. The number of carboxylic acids is 1. The van der Waals surface area contributed by atoms with E-state index in [0.717, 1.165) is 11.1 Å². The third-order valence-electron chi connectivity index (χ3n) is 4.21. The van der Waals surface area contributed by atoms with Crippen LogP contribution in [0.15, 0.2) is 54.6 Å². The Morgan fingerprint density at radius 2 is 1.67 bits per heavy atom. The second-order valence-corrected chi connectivity index (χ2v) is 5.78. The highest BCUT2D eigenvalue weighted by molar-refractivity contribution is 6.04. The number of benzene rings is 2. The molecule has 1 saturated heterocycles. The van der Waals surface area contributed by atoms with E-state index in [-0.39, 0.29) is 25.2 Å². The molecule has 1 aliphatic rings. The second kappa shape index (κ2) is 6.66. The van der Waals surface area contributed by atoms with Crippen LogP contribution in [0.3, 0.4) is 0 Å². The molecule has 5 heteroatoms. The summed E-state index contributed by atoms with van der Waals surface area (Å²) in [6.07, 6.45) is 0.356. The van der Waals surface area contributed by atoms with Crippen LogP contribution in [-0.2, 0) is 9.59 Å². The van der Waals surface area contributed by atoms with Crippen molar-refractivity contribution in [2.45, 2.75) is 18.9 Å². The van der Waals surface area contributed by atoms with Crippen LogP contribution in [0.1, 0.15) is 23.2 Å². The fourth-order valence-electron chi connectivity index (χ4n) is 3.00. The Bertz CT molecular complexity index is 785. The van der Waals surface area contributed by atoms with E-state index in [0.29, 0.717) is 5.56 Å². The summed E-state index contributed by atoms with van der Waals surface area (Å²) in [5.74, 6) is -1.61. The van der Waals surface area contributed by atoms with E-state index in [1.165, 1.54) is 4.90 Å². The van der Waals surface area contributed by atoms with Crippen LogP contribution >= 0.6 is 0 Å². The first-order valence-corrected chi connectivity index (χ1v) is 7.78. The molecule has 0 spiro atoms. The van der Waals surface area contributed by atoms with E-state index in [1.54, 1.807) is 12.1 Å². The number of carboxylic acid groups (broad SMARTS) is 1. The molecule has 0 aromatic heterocycles. The molecule has 1 unspecified atom stereocenters. The maximum absolute atomic E-state index is 13.0. The van der Waals surface area contributed by atoms with Crippen LogP contribution in [0.5, 0.6) is 0 Å². The predicted molar refractivity (Wildman–Crippen MR) is 88.6 cm³/mol. The Kier molecular flexibility index (Phi) is 4.42. The number of carbonyl (C=O) groups is 3. The Hall–Kier alpha value is -2.95. The van der Waals surface area contributed by atoms with Gasteiger partial charge in [0.25, 0.3) is 5.91 Å². The number of likely N-dealkylation sites (tertiary alicyclic amines) is 1. The molecular formula is C19H17NO4. The fourth-order valence-corrected chi connectivity index (χ4v) is 3.00. The van der Waals surface area contributed by atoms with Gasteiger partial charge in [-0.05, 0) is 23.6 Å². The third kappa shape index (κ3) is 3.06. The molecule has 3 rings (SSSR count). The predicted octanol–water partition coefficient (Wildman–Crippen LogP) is 2.61. The molecule has 5 nitrogen and oxygen atoms in total. The van der Waals surface area contributed by atoms with Crippen LogP contribution in [-0.4, -0.2) is 40.3 Å². The van der Waals surface area contributed by atoms with Crippen LogP contribution in [0.25, 0.3) is 11.1 Å². The molecule has 1 atom stereocenters. The number of carbonyl (C=O) groups excluding carboxylic acids is 2. The van der Waals surface area contributed by atoms with E-state index in [2.05, 4.69) is 0 Å². The van der Waals surface area contributed by atoms with Crippen molar-refractivity contribution in [3.05, 3.63) is 60.2 Å². The topological polar surface area (TPSA) is 74.7 Å². The van der Waals surface area contributed by atoms with Gasteiger partial charge in [0.15, 0.2) is 5.78 Å². The molecule has 0 saturated carbocycles. The summed E-state index contributed by atoms with van der Waals surface area (Å²) in [7, 11) is 0. The number of piperidine rings is 1. The molecule has 0 aliphatic carbocycles. The Labute approximate surface area is 139 Å². The maximum atomic E-state index is 13.0.